The van der Waals surface area contributed by atoms with Crippen molar-refractivity contribution in [2.75, 3.05) is 0 Å². The highest BCUT2D eigenvalue weighted by Gasteiger charge is 2.04. The van der Waals surface area contributed by atoms with E-state index in [1.54, 1.807) is 0 Å². The summed E-state index contributed by atoms with van der Waals surface area (Å²) in [5.74, 6) is 0.794. The predicted molar refractivity (Wildman–Crippen MR) is 77.8 cm³/mol. The van der Waals surface area contributed by atoms with Gasteiger partial charge in [-0.2, -0.15) is 0 Å². The Labute approximate surface area is 110 Å². The Morgan fingerprint density at radius 2 is 1.83 bits per heavy atom. The summed E-state index contributed by atoms with van der Waals surface area (Å²) in [5.41, 5.74) is 2.83. The lowest BCUT2D eigenvalue weighted by atomic mass is 9.99. The maximum Gasteiger partial charge on any atom is 0.0470 e. The van der Waals surface area contributed by atoms with E-state index >= 15 is 0 Å². The molecule has 1 aromatic carbocycles. The van der Waals surface area contributed by atoms with Crippen molar-refractivity contribution < 1.29 is 0 Å². The molecule has 0 radical (unpaired) electrons. The maximum absolute atomic E-state index is 2.35. The molecule has 0 bridgehead atoms. The van der Waals surface area contributed by atoms with Crippen molar-refractivity contribution in [2.24, 2.45) is 5.92 Å². The lowest BCUT2D eigenvalue weighted by Crippen LogP contribution is -1.99. The van der Waals surface area contributed by atoms with Crippen LogP contribution in [0.25, 0.3) is 0 Å². The number of rotatable bonds is 6. The first-order valence-electron chi connectivity index (χ1n) is 6.96. The van der Waals surface area contributed by atoms with Crippen LogP contribution < -0.4 is 0 Å². The second-order valence-electron chi connectivity index (χ2n) is 5.28. The molecule has 1 heterocycles. The van der Waals surface area contributed by atoms with Crippen molar-refractivity contribution in [1.29, 1.82) is 0 Å². The molecule has 1 atom stereocenters. The molecular weight excluding hydrogens is 218 g/mol. The Morgan fingerprint density at radius 3 is 2.56 bits per heavy atom. The van der Waals surface area contributed by atoms with Gasteiger partial charge in [0.25, 0.3) is 0 Å². The third-order valence-corrected chi connectivity index (χ3v) is 3.39. The normalized spacial score (nSPS) is 12.6. The minimum Gasteiger partial charge on any atom is -0.350 e. The number of hydrogen-bond acceptors (Lipinski definition) is 0. The van der Waals surface area contributed by atoms with Gasteiger partial charge in [0.05, 0.1) is 0 Å². The zero-order valence-electron chi connectivity index (χ0n) is 11.5. The van der Waals surface area contributed by atoms with Gasteiger partial charge in [-0.25, -0.2) is 0 Å². The third kappa shape index (κ3) is 3.76. The number of nitrogens with zero attached hydrogens (tertiary/aromatic N) is 1. The standard InChI is InChI=1S/C17H23N/c1-3-7-15(2)12-17-10-11-18(14-17)13-16-8-5-4-6-9-16/h4-6,8-11,14-15H,3,7,12-13H2,1-2H3. The Kier molecular flexibility index (Phi) is 4.63. The molecule has 2 aromatic rings. The minimum atomic E-state index is 0.794. The van der Waals surface area contributed by atoms with Gasteiger partial charge in [0.2, 0.25) is 0 Å². The highest BCUT2D eigenvalue weighted by atomic mass is 14.9. The molecule has 0 N–H and O–H groups in total. The van der Waals surface area contributed by atoms with Gasteiger partial charge in [-0.15, -0.1) is 0 Å². The quantitative estimate of drug-likeness (QED) is 0.701. The summed E-state index contributed by atoms with van der Waals surface area (Å²) in [6.07, 6.45) is 8.30. The molecule has 0 aliphatic rings. The zero-order chi connectivity index (χ0) is 12.8. The van der Waals surface area contributed by atoms with Crippen LogP contribution in [0.4, 0.5) is 0 Å². The van der Waals surface area contributed by atoms with Crippen molar-refractivity contribution >= 4 is 0 Å². The van der Waals surface area contributed by atoms with Crippen LogP contribution >= 0.6 is 0 Å². The number of hydrogen-bond donors (Lipinski definition) is 0. The molecule has 1 heteroatoms. The van der Waals surface area contributed by atoms with Gasteiger partial charge in [-0.05, 0) is 29.5 Å². The highest BCUT2D eigenvalue weighted by molar-refractivity contribution is 5.17. The molecule has 2 rings (SSSR count). The molecule has 0 aliphatic heterocycles. The first kappa shape index (κ1) is 12.9. The van der Waals surface area contributed by atoms with Crippen LogP contribution in [-0.4, -0.2) is 4.57 Å². The Bertz CT molecular complexity index is 455. The van der Waals surface area contributed by atoms with E-state index in [4.69, 9.17) is 0 Å². The van der Waals surface area contributed by atoms with Crippen LogP contribution in [0.3, 0.4) is 0 Å². The Balaban J connectivity index is 1.94. The van der Waals surface area contributed by atoms with E-state index in [1.165, 1.54) is 30.4 Å². The SMILES string of the molecule is CCCC(C)Cc1ccn(Cc2ccccc2)c1. The molecule has 0 spiro atoms. The van der Waals surface area contributed by atoms with Crippen molar-refractivity contribution in [2.45, 2.75) is 39.7 Å². The van der Waals surface area contributed by atoms with E-state index in [-0.39, 0.29) is 0 Å². The van der Waals surface area contributed by atoms with Crippen molar-refractivity contribution in [3.05, 3.63) is 59.9 Å². The van der Waals surface area contributed by atoms with Gasteiger partial charge in [-0.1, -0.05) is 57.0 Å². The fourth-order valence-electron chi connectivity index (χ4n) is 2.50. The van der Waals surface area contributed by atoms with E-state index in [9.17, 15) is 0 Å². The molecule has 1 nitrogen and oxygen atoms in total. The fraction of sp³-hybridized carbons (Fsp3) is 0.412. The largest absolute Gasteiger partial charge is 0.350 e. The molecule has 0 amide bonds. The van der Waals surface area contributed by atoms with Crippen LogP contribution in [-0.2, 0) is 13.0 Å². The van der Waals surface area contributed by atoms with Crippen LogP contribution in [0.2, 0.25) is 0 Å². The molecule has 0 aliphatic carbocycles. The second kappa shape index (κ2) is 6.44. The van der Waals surface area contributed by atoms with Crippen LogP contribution in [0, 0.1) is 5.92 Å². The molecule has 0 saturated heterocycles. The predicted octanol–water partition coefficient (Wildman–Crippen LogP) is 4.52. The van der Waals surface area contributed by atoms with Gasteiger partial charge in [0.15, 0.2) is 0 Å². The summed E-state index contributed by atoms with van der Waals surface area (Å²) in [6.45, 7) is 5.58. The molecule has 96 valence electrons. The van der Waals surface area contributed by atoms with Gasteiger partial charge >= 0.3 is 0 Å². The average molecular weight is 241 g/mol. The minimum absolute atomic E-state index is 0.794. The summed E-state index contributed by atoms with van der Waals surface area (Å²) in [4.78, 5) is 0. The van der Waals surface area contributed by atoms with Gasteiger partial charge in [0.1, 0.15) is 0 Å². The lowest BCUT2D eigenvalue weighted by molar-refractivity contribution is 0.522. The lowest BCUT2D eigenvalue weighted by Gasteiger charge is -2.08. The van der Waals surface area contributed by atoms with Crippen LogP contribution in [0.1, 0.15) is 37.8 Å². The third-order valence-electron chi connectivity index (χ3n) is 3.39. The van der Waals surface area contributed by atoms with E-state index < -0.39 is 0 Å². The summed E-state index contributed by atoms with van der Waals surface area (Å²) in [5, 5.41) is 0. The monoisotopic (exact) mass is 241 g/mol. The molecule has 18 heavy (non-hydrogen) atoms. The molecular formula is C17H23N. The van der Waals surface area contributed by atoms with E-state index in [0.717, 1.165) is 12.5 Å². The van der Waals surface area contributed by atoms with E-state index in [1.807, 2.05) is 0 Å². The Hall–Kier alpha value is -1.50. The van der Waals surface area contributed by atoms with Crippen molar-refractivity contribution in [1.82, 2.24) is 4.57 Å². The first-order valence-corrected chi connectivity index (χ1v) is 6.96. The summed E-state index contributed by atoms with van der Waals surface area (Å²) >= 11 is 0. The summed E-state index contributed by atoms with van der Waals surface area (Å²) in [7, 11) is 0. The van der Waals surface area contributed by atoms with E-state index in [2.05, 4.69) is 67.2 Å². The first-order chi connectivity index (χ1) is 8.78. The van der Waals surface area contributed by atoms with Crippen LogP contribution in [0.15, 0.2) is 48.8 Å². The second-order valence-corrected chi connectivity index (χ2v) is 5.28. The Morgan fingerprint density at radius 1 is 1.06 bits per heavy atom. The topological polar surface area (TPSA) is 4.93 Å². The van der Waals surface area contributed by atoms with Crippen molar-refractivity contribution in [3.8, 4) is 0 Å². The van der Waals surface area contributed by atoms with Crippen molar-refractivity contribution in [3.63, 3.8) is 0 Å². The smallest absolute Gasteiger partial charge is 0.0470 e. The molecule has 1 unspecified atom stereocenters. The highest BCUT2D eigenvalue weighted by Crippen LogP contribution is 2.14. The average Bonchev–Trinajstić information content (AvgIpc) is 2.78. The number of benzene rings is 1. The molecule has 0 fully saturated rings. The summed E-state index contributed by atoms with van der Waals surface area (Å²) < 4.78 is 2.28. The fourth-order valence-corrected chi connectivity index (χ4v) is 2.50. The molecule has 0 saturated carbocycles. The number of aromatic nitrogens is 1. The van der Waals surface area contributed by atoms with E-state index in [0.29, 0.717) is 0 Å². The van der Waals surface area contributed by atoms with Gasteiger partial charge in [-0.3, -0.25) is 0 Å². The van der Waals surface area contributed by atoms with Gasteiger partial charge < -0.3 is 4.57 Å². The maximum atomic E-state index is 2.35. The zero-order valence-corrected chi connectivity index (χ0v) is 11.5. The summed E-state index contributed by atoms with van der Waals surface area (Å²) in [6, 6.07) is 12.9. The molecule has 1 aromatic heterocycles. The van der Waals surface area contributed by atoms with Gasteiger partial charge in [0, 0.05) is 18.9 Å². The van der Waals surface area contributed by atoms with Crippen LogP contribution in [0.5, 0.6) is 0 Å².